The first-order valence-corrected chi connectivity index (χ1v) is 9.70. The number of hydrogen-bond acceptors (Lipinski definition) is 6. The van der Waals surface area contributed by atoms with Crippen LogP contribution >= 0.6 is 0 Å². The van der Waals surface area contributed by atoms with Gasteiger partial charge < -0.3 is 9.88 Å². The van der Waals surface area contributed by atoms with Gasteiger partial charge in [0.25, 0.3) is 5.56 Å². The van der Waals surface area contributed by atoms with Crippen LogP contribution in [0.5, 0.6) is 0 Å². The van der Waals surface area contributed by atoms with E-state index in [-0.39, 0.29) is 11.5 Å². The van der Waals surface area contributed by atoms with Crippen molar-refractivity contribution >= 4 is 17.0 Å². The van der Waals surface area contributed by atoms with Gasteiger partial charge in [0.1, 0.15) is 11.2 Å². The lowest BCUT2D eigenvalue weighted by molar-refractivity contribution is 0.476. The van der Waals surface area contributed by atoms with Crippen molar-refractivity contribution in [3.8, 4) is 0 Å². The summed E-state index contributed by atoms with van der Waals surface area (Å²) in [6, 6.07) is 2.18. The average Bonchev–Trinajstić information content (AvgIpc) is 3.41. The predicted octanol–water partition coefficient (Wildman–Crippen LogP) is 2.26. The van der Waals surface area contributed by atoms with E-state index < -0.39 is 0 Å². The number of aromatic amines is 1. The Balaban J connectivity index is 1.51. The molecule has 8 nitrogen and oxygen atoms in total. The Morgan fingerprint density at radius 3 is 2.70 bits per heavy atom. The molecule has 4 heterocycles. The van der Waals surface area contributed by atoms with Crippen molar-refractivity contribution < 1.29 is 0 Å². The van der Waals surface area contributed by atoms with E-state index >= 15 is 0 Å². The van der Waals surface area contributed by atoms with Crippen LogP contribution in [-0.4, -0.2) is 42.8 Å². The molecule has 2 atom stereocenters. The number of nitrogens with one attached hydrogen (secondary N) is 1. The topological polar surface area (TPSA) is 92.6 Å². The standard InChI is InChI=1S/C19H23N7O/c1-12-10-25(19-20-7-4-8-21-19)11-15(12)16-23-17-14(18(27)24-16)9-22-26(17)13-5-2-3-6-13/h4,7-9,12-13,15H,2-3,5-6,10-11H2,1H3,(H,23,24,27)/t12-,15-/m1/s1. The summed E-state index contributed by atoms with van der Waals surface area (Å²) in [6.45, 7) is 3.78. The smallest absolute Gasteiger partial charge is 0.262 e. The fraction of sp³-hybridized carbons (Fsp3) is 0.526. The van der Waals surface area contributed by atoms with E-state index in [1.54, 1.807) is 18.6 Å². The number of nitrogens with zero attached hydrogens (tertiary/aromatic N) is 6. The summed E-state index contributed by atoms with van der Waals surface area (Å²) in [5, 5.41) is 5.07. The predicted molar refractivity (Wildman–Crippen MR) is 102 cm³/mol. The van der Waals surface area contributed by atoms with E-state index in [9.17, 15) is 4.79 Å². The molecule has 140 valence electrons. The van der Waals surface area contributed by atoms with Gasteiger partial charge in [-0.25, -0.2) is 19.6 Å². The molecule has 0 bridgehead atoms. The second-order valence-electron chi connectivity index (χ2n) is 7.75. The van der Waals surface area contributed by atoms with Crippen LogP contribution in [0, 0.1) is 5.92 Å². The molecule has 5 rings (SSSR count). The van der Waals surface area contributed by atoms with Gasteiger partial charge >= 0.3 is 0 Å². The Morgan fingerprint density at radius 1 is 1.15 bits per heavy atom. The highest BCUT2D eigenvalue weighted by atomic mass is 16.1. The summed E-state index contributed by atoms with van der Waals surface area (Å²) >= 11 is 0. The zero-order chi connectivity index (χ0) is 18.4. The maximum atomic E-state index is 12.7. The Hall–Kier alpha value is -2.77. The lowest BCUT2D eigenvalue weighted by Gasteiger charge is -2.16. The van der Waals surface area contributed by atoms with Crippen molar-refractivity contribution in [1.82, 2.24) is 29.7 Å². The molecular formula is C19H23N7O. The fourth-order valence-corrected chi connectivity index (χ4v) is 4.49. The van der Waals surface area contributed by atoms with Gasteiger partial charge in [-0.05, 0) is 24.8 Å². The number of rotatable bonds is 3. The first kappa shape index (κ1) is 16.4. The highest BCUT2D eigenvalue weighted by molar-refractivity contribution is 5.73. The van der Waals surface area contributed by atoms with E-state index in [2.05, 4.69) is 31.9 Å². The minimum Gasteiger partial charge on any atom is -0.340 e. The molecule has 1 aliphatic carbocycles. The summed E-state index contributed by atoms with van der Waals surface area (Å²) in [6.07, 6.45) is 9.82. The Kier molecular flexibility index (Phi) is 3.91. The minimum absolute atomic E-state index is 0.0964. The van der Waals surface area contributed by atoms with E-state index in [4.69, 9.17) is 4.98 Å². The summed E-state index contributed by atoms with van der Waals surface area (Å²) in [5.74, 6) is 1.96. The van der Waals surface area contributed by atoms with Crippen molar-refractivity contribution in [1.29, 1.82) is 0 Å². The molecule has 0 aromatic carbocycles. The van der Waals surface area contributed by atoms with Crippen molar-refractivity contribution in [2.75, 3.05) is 18.0 Å². The molecule has 2 aliphatic rings. The van der Waals surface area contributed by atoms with Crippen LogP contribution in [0.15, 0.2) is 29.5 Å². The van der Waals surface area contributed by atoms with Crippen LogP contribution in [0.3, 0.4) is 0 Å². The normalized spacial score (nSPS) is 23.5. The molecule has 3 aromatic rings. The van der Waals surface area contributed by atoms with Gasteiger partial charge in [0.2, 0.25) is 5.95 Å². The third kappa shape index (κ3) is 2.79. The van der Waals surface area contributed by atoms with Gasteiger partial charge in [-0.3, -0.25) is 4.79 Å². The maximum absolute atomic E-state index is 12.7. The van der Waals surface area contributed by atoms with Crippen LogP contribution < -0.4 is 10.5 Å². The number of aromatic nitrogens is 6. The first-order chi connectivity index (χ1) is 13.2. The maximum Gasteiger partial charge on any atom is 0.262 e. The molecule has 0 spiro atoms. The molecule has 0 unspecified atom stereocenters. The molecule has 27 heavy (non-hydrogen) atoms. The molecule has 2 fully saturated rings. The van der Waals surface area contributed by atoms with Crippen molar-refractivity contribution in [3.05, 3.63) is 40.8 Å². The van der Waals surface area contributed by atoms with Crippen molar-refractivity contribution in [2.45, 2.75) is 44.6 Å². The SMILES string of the molecule is C[C@@H]1CN(c2ncccn2)C[C@H]1c1nc2c(cnn2C2CCCC2)c(=O)[nH]1. The van der Waals surface area contributed by atoms with Gasteiger partial charge in [-0.1, -0.05) is 19.8 Å². The third-order valence-electron chi connectivity index (χ3n) is 5.95. The number of fused-ring (bicyclic) bond motifs is 1. The monoisotopic (exact) mass is 365 g/mol. The molecule has 1 aliphatic heterocycles. The second-order valence-corrected chi connectivity index (χ2v) is 7.75. The van der Waals surface area contributed by atoms with Crippen LogP contribution in [0.4, 0.5) is 5.95 Å². The Labute approximate surface area is 156 Å². The van der Waals surface area contributed by atoms with Crippen molar-refractivity contribution in [3.63, 3.8) is 0 Å². The molecule has 0 amide bonds. The largest absolute Gasteiger partial charge is 0.340 e. The summed E-state index contributed by atoms with van der Waals surface area (Å²) in [7, 11) is 0. The van der Waals surface area contributed by atoms with Crippen molar-refractivity contribution in [2.24, 2.45) is 5.92 Å². The molecule has 1 saturated carbocycles. The molecule has 0 radical (unpaired) electrons. The van der Waals surface area contributed by atoms with E-state index in [0.717, 1.165) is 43.4 Å². The molecular weight excluding hydrogens is 342 g/mol. The van der Waals surface area contributed by atoms with E-state index in [1.165, 1.54) is 12.8 Å². The third-order valence-corrected chi connectivity index (χ3v) is 5.95. The minimum atomic E-state index is -0.0964. The lowest BCUT2D eigenvalue weighted by atomic mass is 9.97. The Bertz CT molecular complexity index is 1010. The van der Waals surface area contributed by atoms with E-state index in [1.807, 2.05) is 10.7 Å². The molecule has 1 N–H and O–H groups in total. The van der Waals surface area contributed by atoms with Gasteiger partial charge in [0, 0.05) is 31.4 Å². The molecule has 1 saturated heterocycles. The summed E-state index contributed by atoms with van der Waals surface area (Å²) in [5.41, 5.74) is 0.628. The first-order valence-electron chi connectivity index (χ1n) is 9.70. The van der Waals surface area contributed by atoms with Gasteiger partial charge in [-0.15, -0.1) is 0 Å². The second kappa shape index (κ2) is 6.44. The summed E-state index contributed by atoms with van der Waals surface area (Å²) < 4.78 is 1.97. The number of anilines is 1. The summed E-state index contributed by atoms with van der Waals surface area (Å²) in [4.78, 5) is 31.4. The zero-order valence-corrected chi connectivity index (χ0v) is 15.4. The highest BCUT2D eigenvalue weighted by Gasteiger charge is 2.34. The zero-order valence-electron chi connectivity index (χ0n) is 15.4. The fourth-order valence-electron chi connectivity index (χ4n) is 4.49. The van der Waals surface area contributed by atoms with Crippen LogP contribution in [-0.2, 0) is 0 Å². The van der Waals surface area contributed by atoms with Crippen LogP contribution in [0.25, 0.3) is 11.0 Å². The van der Waals surface area contributed by atoms with Gasteiger partial charge in [-0.2, -0.15) is 5.10 Å². The van der Waals surface area contributed by atoms with Crippen LogP contribution in [0.1, 0.15) is 50.4 Å². The lowest BCUT2D eigenvalue weighted by Crippen LogP contribution is -2.23. The van der Waals surface area contributed by atoms with E-state index in [0.29, 0.717) is 17.3 Å². The van der Waals surface area contributed by atoms with Gasteiger partial charge in [0.05, 0.1) is 12.2 Å². The van der Waals surface area contributed by atoms with Gasteiger partial charge in [0.15, 0.2) is 5.65 Å². The number of H-pyrrole nitrogens is 1. The van der Waals surface area contributed by atoms with Crippen LogP contribution in [0.2, 0.25) is 0 Å². The quantitative estimate of drug-likeness (QED) is 0.765. The number of hydrogen-bond donors (Lipinski definition) is 1. The highest BCUT2D eigenvalue weighted by Crippen LogP contribution is 2.33. The molecule has 3 aromatic heterocycles. The Morgan fingerprint density at radius 2 is 1.93 bits per heavy atom. The molecule has 8 heteroatoms. The average molecular weight is 365 g/mol.